The average molecular weight is 447 g/mol. The van der Waals surface area contributed by atoms with Crippen molar-refractivity contribution in [2.24, 2.45) is 0 Å². The van der Waals surface area contributed by atoms with Crippen LogP contribution in [0.2, 0.25) is 0 Å². The first-order valence-electron chi connectivity index (χ1n) is 9.00. The van der Waals surface area contributed by atoms with E-state index in [1.807, 2.05) is 18.2 Å². The Hall–Kier alpha value is -2.74. The fraction of sp³-hybridized carbons (Fsp3) is 0.300. The van der Waals surface area contributed by atoms with Crippen LogP contribution in [0.25, 0.3) is 6.08 Å². The van der Waals surface area contributed by atoms with Gasteiger partial charge < -0.3 is 23.7 Å². The average Bonchev–Trinajstić information content (AvgIpc) is 3.16. The molecule has 1 aromatic heterocycles. The number of carbonyl (C=O) groups excluding carboxylic acids is 2. The lowest BCUT2D eigenvalue weighted by Crippen LogP contribution is -2.54. The van der Waals surface area contributed by atoms with Gasteiger partial charge in [0, 0.05) is 32.3 Å². The minimum atomic E-state index is -0.658. The molecule has 0 N–H and O–H groups in total. The Morgan fingerprint density at radius 1 is 1.00 bits per heavy atom. The molecule has 3 heterocycles. The van der Waals surface area contributed by atoms with Gasteiger partial charge in [0.15, 0.2) is 16.2 Å². The Balaban J connectivity index is 1.30. The van der Waals surface area contributed by atoms with Crippen LogP contribution in [-0.2, 0) is 9.59 Å². The summed E-state index contributed by atoms with van der Waals surface area (Å²) in [4.78, 5) is 28.5. The van der Waals surface area contributed by atoms with Crippen LogP contribution < -0.4 is 9.47 Å². The summed E-state index contributed by atoms with van der Waals surface area (Å²) in [5.74, 6) is 1.61. The number of para-hydroxylation sites is 2. The zero-order valence-corrected chi connectivity index (χ0v) is 16.6. The van der Waals surface area contributed by atoms with Crippen molar-refractivity contribution in [2.45, 2.75) is 6.10 Å². The van der Waals surface area contributed by atoms with Crippen LogP contribution in [0, 0.1) is 0 Å². The van der Waals surface area contributed by atoms with E-state index < -0.39 is 6.10 Å². The largest absolute Gasteiger partial charge is 0.485 e. The summed E-state index contributed by atoms with van der Waals surface area (Å²) in [6.07, 6.45) is 2.46. The summed E-state index contributed by atoms with van der Waals surface area (Å²) >= 11 is 3.23. The van der Waals surface area contributed by atoms with Crippen LogP contribution >= 0.6 is 15.9 Å². The third-order valence-electron chi connectivity index (χ3n) is 4.67. The fourth-order valence-corrected chi connectivity index (χ4v) is 3.49. The molecule has 1 atom stereocenters. The monoisotopic (exact) mass is 446 g/mol. The highest BCUT2D eigenvalue weighted by atomic mass is 79.9. The van der Waals surface area contributed by atoms with E-state index in [-0.39, 0.29) is 18.4 Å². The smallest absolute Gasteiger partial charge is 0.267 e. The summed E-state index contributed by atoms with van der Waals surface area (Å²) in [6.45, 7) is 2.07. The molecule has 0 bridgehead atoms. The molecule has 28 heavy (non-hydrogen) atoms. The summed E-state index contributed by atoms with van der Waals surface area (Å²) in [7, 11) is 0. The first-order valence-corrected chi connectivity index (χ1v) is 9.79. The van der Waals surface area contributed by atoms with Gasteiger partial charge in [-0.1, -0.05) is 12.1 Å². The zero-order chi connectivity index (χ0) is 19.5. The van der Waals surface area contributed by atoms with Gasteiger partial charge in [0.05, 0.1) is 0 Å². The van der Waals surface area contributed by atoms with Gasteiger partial charge in [0.1, 0.15) is 12.4 Å². The zero-order valence-electron chi connectivity index (χ0n) is 15.0. The van der Waals surface area contributed by atoms with Crippen LogP contribution in [-0.4, -0.2) is 60.5 Å². The van der Waals surface area contributed by atoms with Crippen molar-refractivity contribution in [1.29, 1.82) is 0 Å². The minimum absolute atomic E-state index is 0.106. The number of furan rings is 1. The Morgan fingerprint density at radius 2 is 1.71 bits per heavy atom. The van der Waals surface area contributed by atoms with E-state index in [2.05, 4.69) is 15.9 Å². The molecule has 7 nitrogen and oxygen atoms in total. The summed E-state index contributed by atoms with van der Waals surface area (Å²) in [5, 5.41) is 0. The van der Waals surface area contributed by atoms with Crippen molar-refractivity contribution in [1.82, 2.24) is 9.80 Å². The lowest BCUT2D eigenvalue weighted by atomic mass is 10.2. The quantitative estimate of drug-likeness (QED) is 0.677. The molecule has 1 fully saturated rings. The SMILES string of the molecule is O=C(C=Cc1ccc(Br)o1)N1CCN(C(=O)C2COc3ccccc3O2)CC1. The second-order valence-electron chi connectivity index (χ2n) is 6.49. The maximum absolute atomic E-state index is 12.7. The van der Waals surface area contributed by atoms with Gasteiger partial charge in [-0.3, -0.25) is 9.59 Å². The van der Waals surface area contributed by atoms with Gasteiger partial charge >= 0.3 is 0 Å². The number of hydrogen-bond donors (Lipinski definition) is 0. The number of ether oxygens (including phenoxy) is 2. The predicted octanol–water partition coefficient (Wildman–Crippen LogP) is 2.57. The van der Waals surface area contributed by atoms with Gasteiger partial charge in [-0.05, 0) is 46.3 Å². The molecule has 2 aliphatic heterocycles. The highest BCUT2D eigenvalue weighted by molar-refractivity contribution is 9.10. The molecular formula is C20H19BrN2O5. The first kappa shape index (κ1) is 18.6. The number of rotatable bonds is 3. The summed E-state index contributed by atoms with van der Waals surface area (Å²) in [6, 6.07) is 10.8. The van der Waals surface area contributed by atoms with Crippen molar-refractivity contribution in [3.63, 3.8) is 0 Å². The fourth-order valence-electron chi connectivity index (χ4n) is 3.17. The number of amides is 2. The van der Waals surface area contributed by atoms with Gasteiger partial charge in [0.2, 0.25) is 12.0 Å². The molecule has 2 aliphatic rings. The standard InChI is InChI=1S/C20H19BrN2O5/c21-18-7-5-14(27-18)6-8-19(24)22-9-11-23(12-10-22)20(25)17-13-26-15-3-1-2-4-16(15)28-17/h1-8,17H,9-13H2. The van der Waals surface area contributed by atoms with Crippen LogP contribution in [0.1, 0.15) is 5.76 Å². The molecule has 0 radical (unpaired) electrons. The van der Waals surface area contributed by atoms with Crippen molar-refractivity contribution >= 4 is 33.8 Å². The van der Waals surface area contributed by atoms with E-state index in [9.17, 15) is 9.59 Å². The number of nitrogens with zero attached hydrogens (tertiary/aromatic N) is 2. The molecule has 0 spiro atoms. The molecule has 2 aromatic rings. The van der Waals surface area contributed by atoms with Crippen molar-refractivity contribution in [3.8, 4) is 11.5 Å². The Kier molecular flexibility index (Phi) is 5.38. The van der Waals surface area contributed by atoms with E-state index in [0.717, 1.165) is 0 Å². The number of carbonyl (C=O) groups is 2. The van der Waals surface area contributed by atoms with E-state index in [1.54, 1.807) is 34.1 Å². The van der Waals surface area contributed by atoms with Gasteiger partial charge in [-0.2, -0.15) is 0 Å². The maximum Gasteiger partial charge on any atom is 0.267 e. The molecule has 1 saturated heterocycles. The lowest BCUT2D eigenvalue weighted by molar-refractivity contribution is -0.145. The molecule has 0 aliphatic carbocycles. The molecule has 1 aromatic carbocycles. The molecule has 1 unspecified atom stereocenters. The molecular weight excluding hydrogens is 428 g/mol. The molecule has 2 amide bonds. The van der Waals surface area contributed by atoms with Crippen LogP contribution in [0.3, 0.4) is 0 Å². The van der Waals surface area contributed by atoms with Crippen molar-refractivity contribution < 1.29 is 23.5 Å². The van der Waals surface area contributed by atoms with Crippen LogP contribution in [0.5, 0.6) is 11.5 Å². The molecule has 4 rings (SSSR count). The Bertz CT molecular complexity index is 902. The van der Waals surface area contributed by atoms with E-state index in [1.165, 1.54) is 6.08 Å². The third kappa shape index (κ3) is 4.06. The number of benzene rings is 1. The number of halogens is 1. The highest BCUT2D eigenvalue weighted by Crippen LogP contribution is 2.31. The van der Waals surface area contributed by atoms with Crippen molar-refractivity contribution in [3.05, 3.63) is 52.9 Å². The van der Waals surface area contributed by atoms with E-state index >= 15 is 0 Å². The molecule has 146 valence electrons. The normalized spacial score (nSPS) is 19.1. The lowest BCUT2D eigenvalue weighted by Gasteiger charge is -2.36. The third-order valence-corrected chi connectivity index (χ3v) is 5.10. The number of hydrogen-bond acceptors (Lipinski definition) is 5. The summed E-state index contributed by atoms with van der Waals surface area (Å²) < 4.78 is 17.4. The van der Waals surface area contributed by atoms with Crippen LogP contribution in [0.15, 0.2) is 51.6 Å². The topological polar surface area (TPSA) is 72.2 Å². The molecule has 0 saturated carbocycles. The minimum Gasteiger partial charge on any atom is -0.485 e. The maximum atomic E-state index is 12.7. The summed E-state index contributed by atoms with van der Waals surface area (Å²) in [5.41, 5.74) is 0. The van der Waals surface area contributed by atoms with Crippen molar-refractivity contribution in [2.75, 3.05) is 32.8 Å². The molecule has 8 heteroatoms. The van der Waals surface area contributed by atoms with E-state index in [4.69, 9.17) is 13.9 Å². The predicted molar refractivity (Wildman–Crippen MR) is 105 cm³/mol. The van der Waals surface area contributed by atoms with E-state index in [0.29, 0.717) is 48.1 Å². The van der Waals surface area contributed by atoms with Gasteiger partial charge in [0.25, 0.3) is 5.91 Å². The van der Waals surface area contributed by atoms with Gasteiger partial charge in [-0.25, -0.2) is 0 Å². The van der Waals surface area contributed by atoms with Crippen LogP contribution in [0.4, 0.5) is 0 Å². The second-order valence-corrected chi connectivity index (χ2v) is 7.27. The number of fused-ring (bicyclic) bond motifs is 1. The van der Waals surface area contributed by atoms with Gasteiger partial charge in [-0.15, -0.1) is 0 Å². The highest BCUT2D eigenvalue weighted by Gasteiger charge is 2.33. The Morgan fingerprint density at radius 3 is 2.43 bits per heavy atom. The Labute approximate surface area is 170 Å². The second kappa shape index (κ2) is 8.10. The number of piperazine rings is 1. The first-order chi connectivity index (χ1) is 13.6.